The molecule has 18 heavy (non-hydrogen) atoms. The van der Waals surface area contributed by atoms with Crippen LogP contribution in [0.4, 0.5) is 10.1 Å². The largest absolute Gasteiger partial charge is 0.328 e. The predicted octanol–water partition coefficient (Wildman–Crippen LogP) is 2.94. The molecule has 1 aromatic carbocycles. The van der Waals surface area contributed by atoms with Crippen LogP contribution < -0.4 is 11.1 Å². The molecule has 0 radical (unpaired) electrons. The van der Waals surface area contributed by atoms with E-state index in [4.69, 9.17) is 17.3 Å². The smallest absolute Gasteiger partial charge is 0.227 e. The van der Waals surface area contributed by atoms with Crippen LogP contribution in [0.15, 0.2) is 18.2 Å². The highest BCUT2D eigenvalue weighted by molar-refractivity contribution is 6.31. The van der Waals surface area contributed by atoms with E-state index < -0.39 is 5.82 Å². The van der Waals surface area contributed by atoms with Crippen LogP contribution in [0.3, 0.4) is 0 Å². The molecule has 3 nitrogen and oxygen atoms in total. The van der Waals surface area contributed by atoms with Crippen molar-refractivity contribution in [2.24, 2.45) is 11.7 Å². The molecule has 0 spiro atoms. The van der Waals surface area contributed by atoms with Gasteiger partial charge in [-0.15, -0.1) is 0 Å². The van der Waals surface area contributed by atoms with Gasteiger partial charge in [0.1, 0.15) is 0 Å². The summed E-state index contributed by atoms with van der Waals surface area (Å²) >= 11 is 5.66. The maximum Gasteiger partial charge on any atom is 0.227 e. The average Bonchev–Trinajstić information content (AvgIpc) is 2.36. The Hall–Kier alpha value is -1.13. The van der Waals surface area contributed by atoms with Crippen molar-refractivity contribution in [3.63, 3.8) is 0 Å². The highest BCUT2D eigenvalue weighted by Gasteiger charge is 2.25. The van der Waals surface area contributed by atoms with E-state index >= 15 is 0 Å². The fourth-order valence-corrected chi connectivity index (χ4v) is 2.39. The molecule has 0 atom stereocenters. The van der Waals surface area contributed by atoms with Gasteiger partial charge < -0.3 is 11.1 Å². The summed E-state index contributed by atoms with van der Waals surface area (Å²) in [6.07, 6.45) is 3.20. The number of anilines is 1. The molecular formula is C13H16ClFN2O. The zero-order valence-corrected chi connectivity index (χ0v) is 10.7. The van der Waals surface area contributed by atoms with Gasteiger partial charge in [0.25, 0.3) is 0 Å². The Balaban J connectivity index is 2.01. The van der Waals surface area contributed by atoms with Crippen LogP contribution in [-0.2, 0) is 4.79 Å². The van der Waals surface area contributed by atoms with Gasteiger partial charge in [-0.25, -0.2) is 4.39 Å². The topological polar surface area (TPSA) is 55.1 Å². The van der Waals surface area contributed by atoms with Gasteiger partial charge in [-0.3, -0.25) is 4.79 Å². The predicted molar refractivity (Wildman–Crippen MR) is 70.0 cm³/mol. The van der Waals surface area contributed by atoms with E-state index in [1.54, 1.807) is 6.07 Å². The standard InChI is InChI=1S/C13H16ClFN2O/c14-10-2-1-3-11(12(10)15)17-13(18)8-4-6-9(16)7-5-8/h1-3,8-9H,4-7,16H2,(H,17,18). The Morgan fingerprint density at radius 1 is 1.33 bits per heavy atom. The summed E-state index contributed by atoms with van der Waals surface area (Å²) in [6.45, 7) is 0. The number of carbonyl (C=O) groups excluding carboxylic acids is 1. The van der Waals surface area contributed by atoms with E-state index in [9.17, 15) is 9.18 Å². The van der Waals surface area contributed by atoms with Crippen molar-refractivity contribution in [1.29, 1.82) is 0 Å². The zero-order chi connectivity index (χ0) is 13.1. The molecule has 3 N–H and O–H groups in total. The van der Waals surface area contributed by atoms with Gasteiger partial charge in [0.2, 0.25) is 5.91 Å². The SMILES string of the molecule is NC1CCC(C(=O)Nc2cccc(Cl)c2F)CC1. The number of carbonyl (C=O) groups is 1. The second-order valence-corrected chi connectivity index (χ2v) is 5.11. The summed E-state index contributed by atoms with van der Waals surface area (Å²) in [5.74, 6) is -0.814. The van der Waals surface area contributed by atoms with E-state index in [2.05, 4.69) is 5.32 Å². The highest BCUT2D eigenvalue weighted by atomic mass is 35.5. The lowest BCUT2D eigenvalue weighted by Crippen LogP contribution is -2.32. The zero-order valence-electron chi connectivity index (χ0n) is 9.96. The van der Waals surface area contributed by atoms with Crippen molar-refractivity contribution in [3.8, 4) is 0 Å². The Morgan fingerprint density at radius 2 is 2.00 bits per heavy atom. The number of nitrogens with one attached hydrogen (secondary N) is 1. The minimum atomic E-state index is -0.583. The Labute approximate surface area is 111 Å². The Morgan fingerprint density at radius 3 is 2.67 bits per heavy atom. The molecule has 5 heteroatoms. The summed E-state index contributed by atoms with van der Waals surface area (Å²) in [5, 5.41) is 2.61. The van der Waals surface area contributed by atoms with Crippen LogP contribution in [0, 0.1) is 11.7 Å². The van der Waals surface area contributed by atoms with Crippen LogP contribution in [0.5, 0.6) is 0 Å². The van der Waals surface area contributed by atoms with Crippen LogP contribution >= 0.6 is 11.6 Å². The first-order valence-electron chi connectivity index (χ1n) is 6.08. The first-order chi connectivity index (χ1) is 8.58. The van der Waals surface area contributed by atoms with E-state index in [0.29, 0.717) is 0 Å². The molecule has 1 amide bonds. The van der Waals surface area contributed by atoms with Crippen molar-refractivity contribution in [2.45, 2.75) is 31.7 Å². The van der Waals surface area contributed by atoms with Gasteiger partial charge in [-0.05, 0) is 37.8 Å². The van der Waals surface area contributed by atoms with E-state index in [1.807, 2.05) is 0 Å². The van der Waals surface area contributed by atoms with Crippen molar-refractivity contribution in [1.82, 2.24) is 0 Å². The maximum atomic E-state index is 13.6. The quantitative estimate of drug-likeness (QED) is 0.868. The first-order valence-corrected chi connectivity index (χ1v) is 6.46. The maximum absolute atomic E-state index is 13.6. The molecule has 1 fully saturated rings. The van der Waals surface area contributed by atoms with Gasteiger partial charge >= 0.3 is 0 Å². The molecule has 2 rings (SSSR count). The number of nitrogens with two attached hydrogens (primary N) is 1. The van der Waals surface area contributed by atoms with Crippen LogP contribution in [-0.4, -0.2) is 11.9 Å². The normalized spacial score (nSPS) is 23.7. The number of hydrogen-bond acceptors (Lipinski definition) is 2. The molecule has 0 heterocycles. The molecule has 0 saturated heterocycles. The van der Waals surface area contributed by atoms with Crippen molar-refractivity contribution in [2.75, 3.05) is 5.32 Å². The van der Waals surface area contributed by atoms with E-state index in [-0.39, 0.29) is 28.6 Å². The summed E-state index contributed by atoms with van der Waals surface area (Å²) < 4.78 is 13.6. The molecule has 1 aliphatic carbocycles. The van der Waals surface area contributed by atoms with E-state index in [1.165, 1.54) is 12.1 Å². The van der Waals surface area contributed by atoms with Gasteiger partial charge in [0.15, 0.2) is 5.82 Å². The minimum Gasteiger partial charge on any atom is -0.328 e. The second kappa shape index (κ2) is 5.67. The molecule has 1 saturated carbocycles. The minimum absolute atomic E-state index is 0.0125. The molecule has 98 valence electrons. The molecular weight excluding hydrogens is 255 g/mol. The Bertz CT molecular complexity index is 445. The molecule has 0 aliphatic heterocycles. The third-order valence-electron chi connectivity index (χ3n) is 3.35. The lowest BCUT2D eigenvalue weighted by Gasteiger charge is -2.25. The number of hydrogen-bond donors (Lipinski definition) is 2. The number of amides is 1. The fourth-order valence-electron chi connectivity index (χ4n) is 2.22. The average molecular weight is 271 g/mol. The molecule has 0 aromatic heterocycles. The van der Waals surface area contributed by atoms with Crippen LogP contribution in [0.2, 0.25) is 5.02 Å². The summed E-state index contributed by atoms with van der Waals surface area (Å²) in [5.41, 5.74) is 5.93. The third kappa shape index (κ3) is 3.00. The summed E-state index contributed by atoms with van der Waals surface area (Å²) in [7, 11) is 0. The summed E-state index contributed by atoms with van der Waals surface area (Å²) in [6, 6.07) is 4.76. The lowest BCUT2D eigenvalue weighted by atomic mass is 9.86. The Kier molecular flexibility index (Phi) is 4.19. The number of benzene rings is 1. The molecule has 1 aromatic rings. The summed E-state index contributed by atoms with van der Waals surface area (Å²) in [4.78, 5) is 12.0. The van der Waals surface area contributed by atoms with Gasteiger partial charge in [0.05, 0.1) is 10.7 Å². The van der Waals surface area contributed by atoms with Crippen LogP contribution in [0.1, 0.15) is 25.7 Å². The molecule has 0 unspecified atom stereocenters. The second-order valence-electron chi connectivity index (χ2n) is 4.70. The van der Waals surface area contributed by atoms with Gasteiger partial charge in [-0.2, -0.15) is 0 Å². The molecule has 0 bridgehead atoms. The number of halogens is 2. The van der Waals surface area contributed by atoms with Crippen molar-refractivity contribution >= 4 is 23.2 Å². The fraction of sp³-hybridized carbons (Fsp3) is 0.462. The first kappa shape index (κ1) is 13.3. The van der Waals surface area contributed by atoms with Gasteiger partial charge in [0, 0.05) is 12.0 Å². The third-order valence-corrected chi connectivity index (χ3v) is 3.64. The van der Waals surface area contributed by atoms with Gasteiger partial charge in [-0.1, -0.05) is 17.7 Å². The lowest BCUT2D eigenvalue weighted by molar-refractivity contribution is -0.120. The monoisotopic (exact) mass is 270 g/mol. The van der Waals surface area contributed by atoms with Crippen molar-refractivity contribution in [3.05, 3.63) is 29.0 Å². The molecule has 1 aliphatic rings. The van der Waals surface area contributed by atoms with E-state index in [0.717, 1.165) is 25.7 Å². The van der Waals surface area contributed by atoms with Crippen LogP contribution in [0.25, 0.3) is 0 Å². The highest BCUT2D eigenvalue weighted by Crippen LogP contribution is 2.26. The van der Waals surface area contributed by atoms with Crippen molar-refractivity contribution < 1.29 is 9.18 Å². The number of rotatable bonds is 2.